The maximum atomic E-state index is 9.77. The van der Waals surface area contributed by atoms with Crippen molar-refractivity contribution in [2.24, 2.45) is 0 Å². The molecule has 0 aromatic heterocycles. The zero-order chi connectivity index (χ0) is 26.7. The molecule has 35 heavy (non-hydrogen) atoms. The number of aliphatic hydroxyl groups excluding tert-OH is 3. The molecule has 1 aliphatic heterocycles. The van der Waals surface area contributed by atoms with E-state index in [2.05, 4.69) is 54.2 Å². The normalized spacial score (nSPS) is 16.1. The fraction of sp³-hybridized carbons (Fsp3) is 0.417. The molecule has 0 fully saturated rings. The number of likely N-dealkylation sites (N-methyl/N-ethyl adjacent to an activating group) is 1. The van der Waals surface area contributed by atoms with E-state index in [9.17, 15) is 9.59 Å². The molecule has 0 aliphatic carbocycles. The quantitative estimate of drug-likeness (QED) is 0.380. The van der Waals surface area contributed by atoms with Gasteiger partial charge in [-0.2, -0.15) is 0 Å². The van der Waals surface area contributed by atoms with Gasteiger partial charge < -0.3 is 35.3 Å². The zero-order valence-electron chi connectivity index (χ0n) is 19.8. The molecule has 1 aliphatic rings. The molecule has 2 aromatic carbocycles. The van der Waals surface area contributed by atoms with Crippen molar-refractivity contribution >= 4 is 40.8 Å². The first-order valence-corrected chi connectivity index (χ1v) is 11.6. The summed E-state index contributed by atoms with van der Waals surface area (Å²) in [5.41, 5.74) is 4.00. The van der Waals surface area contributed by atoms with E-state index >= 15 is 0 Å². The standard InChI is InChI=1S/C18H20Cl2N2.C4H6O6.C2H6O/c1-21(2)12-18-15-6-4-3-5-13(15)9-10-22(18)14-7-8-16(19)17(20)11-14;5-1(3(7)8)2(6)4(9)10;1-2-3/h3-8,11,18H,9-10,12H2,1-2H3;1-2,5-6H,(H,7,8)(H,9,10);3H,2H2,1H3. The molecule has 0 amide bonds. The van der Waals surface area contributed by atoms with Crippen LogP contribution in [0.25, 0.3) is 0 Å². The first kappa shape index (κ1) is 30.6. The molecule has 194 valence electrons. The van der Waals surface area contributed by atoms with Crippen LogP contribution in [0.1, 0.15) is 24.1 Å². The average Bonchev–Trinajstić information content (AvgIpc) is 2.80. The van der Waals surface area contributed by atoms with E-state index < -0.39 is 24.1 Å². The Labute approximate surface area is 214 Å². The molecule has 1 heterocycles. The summed E-state index contributed by atoms with van der Waals surface area (Å²) in [5, 5.41) is 41.3. The van der Waals surface area contributed by atoms with E-state index in [0.29, 0.717) is 16.1 Å². The molecule has 0 spiro atoms. The molecule has 2 aromatic rings. The van der Waals surface area contributed by atoms with Gasteiger partial charge in [0.15, 0.2) is 12.2 Å². The second kappa shape index (κ2) is 14.9. The van der Waals surface area contributed by atoms with Crippen LogP contribution in [0.2, 0.25) is 10.0 Å². The number of fused-ring (bicyclic) bond motifs is 1. The maximum absolute atomic E-state index is 9.77. The van der Waals surface area contributed by atoms with Crippen LogP contribution < -0.4 is 4.90 Å². The average molecular weight is 531 g/mol. The Hall–Kier alpha value is -2.40. The number of aliphatic carboxylic acids is 2. The van der Waals surface area contributed by atoms with Crippen molar-refractivity contribution in [2.45, 2.75) is 31.6 Å². The number of anilines is 1. The number of carbonyl (C=O) groups is 2. The lowest BCUT2D eigenvalue weighted by Crippen LogP contribution is -2.40. The largest absolute Gasteiger partial charge is 0.479 e. The van der Waals surface area contributed by atoms with Crippen molar-refractivity contribution in [3.63, 3.8) is 0 Å². The van der Waals surface area contributed by atoms with Gasteiger partial charge in [-0.25, -0.2) is 9.59 Å². The van der Waals surface area contributed by atoms with Crippen LogP contribution in [0.15, 0.2) is 42.5 Å². The third-order valence-corrected chi connectivity index (χ3v) is 5.73. The van der Waals surface area contributed by atoms with E-state index in [1.807, 2.05) is 12.1 Å². The monoisotopic (exact) mass is 530 g/mol. The highest BCUT2D eigenvalue weighted by Crippen LogP contribution is 2.36. The summed E-state index contributed by atoms with van der Waals surface area (Å²) >= 11 is 12.3. The van der Waals surface area contributed by atoms with Gasteiger partial charge in [-0.1, -0.05) is 47.5 Å². The molecule has 11 heteroatoms. The molecule has 5 N–H and O–H groups in total. The summed E-state index contributed by atoms with van der Waals surface area (Å²) in [6.45, 7) is 3.89. The molecular formula is C24H32Cl2N2O7. The third-order valence-electron chi connectivity index (χ3n) is 4.99. The van der Waals surface area contributed by atoms with Crippen LogP contribution in [0, 0.1) is 0 Å². The molecule has 0 radical (unpaired) electrons. The Morgan fingerprint density at radius 2 is 1.57 bits per heavy atom. The second-order valence-corrected chi connectivity index (χ2v) is 8.72. The summed E-state index contributed by atoms with van der Waals surface area (Å²) in [7, 11) is 4.23. The minimum absolute atomic E-state index is 0.250. The number of nitrogens with zero attached hydrogens (tertiary/aromatic N) is 2. The van der Waals surface area contributed by atoms with Crippen LogP contribution in [0.4, 0.5) is 5.69 Å². The number of aliphatic hydroxyl groups is 3. The predicted octanol–water partition coefficient (Wildman–Crippen LogP) is 2.53. The number of hydrogen-bond donors (Lipinski definition) is 5. The summed E-state index contributed by atoms with van der Waals surface area (Å²) in [5.74, 6) is -3.54. The van der Waals surface area contributed by atoms with E-state index in [1.165, 1.54) is 11.1 Å². The summed E-state index contributed by atoms with van der Waals surface area (Å²) in [4.78, 5) is 24.2. The highest BCUT2D eigenvalue weighted by molar-refractivity contribution is 6.42. The molecule has 9 nitrogen and oxygen atoms in total. The van der Waals surface area contributed by atoms with Crippen LogP contribution in [0.5, 0.6) is 0 Å². The number of benzene rings is 2. The highest BCUT2D eigenvalue weighted by atomic mass is 35.5. The van der Waals surface area contributed by atoms with Gasteiger partial charge in [-0.3, -0.25) is 0 Å². The topological polar surface area (TPSA) is 142 Å². The number of hydrogen-bond acceptors (Lipinski definition) is 7. The van der Waals surface area contributed by atoms with E-state index in [-0.39, 0.29) is 6.61 Å². The number of rotatable bonds is 6. The SMILES string of the molecule is CCO.CN(C)CC1c2ccccc2CCN1c1ccc(Cl)c(Cl)c1.O=C(O)C(O)C(O)C(=O)O. The summed E-state index contributed by atoms with van der Waals surface area (Å²) in [6.07, 6.45) is -3.48. The fourth-order valence-electron chi connectivity index (χ4n) is 3.44. The van der Waals surface area contributed by atoms with Gasteiger partial charge in [0.25, 0.3) is 0 Å². The zero-order valence-corrected chi connectivity index (χ0v) is 21.3. The lowest BCUT2D eigenvalue weighted by Gasteiger charge is -2.40. The van der Waals surface area contributed by atoms with Gasteiger partial charge in [0.1, 0.15) is 0 Å². The van der Waals surface area contributed by atoms with E-state index in [1.54, 1.807) is 6.92 Å². The Bertz CT molecular complexity index is 957. The van der Waals surface area contributed by atoms with E-state index in [4.69, 9.17) is 48.7 Å². The Kier molecular flexibility index (Phi) is 13.0. The third kappa shape index (κ3) is 9.29. The predicted molar refractivity (Wildman–Crippen MR) is 135 cm³/mol. The number of carboxylic acids is 2. The Morgan fingerprint density at radius 1 is 1.03 bits per heavy atom. The Morgan fingerprint density at radius 3 is 2.06 bits per heavy atom. The number of carboxylic acid groups (broad SMARTS) is 2. The molecule has 3 atom stereocenters. The molecule has 3 rings (SSSR count). The van der Waals surface area contributed by atoms with Crippen LogP contribution in [-0.2, 0) is 16.0 Å². The van der Waals surface area contributed by atoms with Gasteiger partial charge in [0, 0.05) is 25.4 Å². The maximum Gasteiger partial charge on any atom is 0.335 e. The van der Waals surface area contributed by atoms with Crippen molar-refractivity contribution in [3.8, 4) is 0 Å². The summed E-state index contributed by atoms with van der Waals surface area (Å²) in [6, 6.07) is 15.0. The molecule has 3 unspecified atom stereocenters. The minimum Gasteiger partial charge on any atom is -0.479 e. The summed E-state index contributed by atoms with van der Waals surface area (Å²) < 4.78 is 0. The van der Waals surface area contributed by atoms with Gasteiger partial charge in [-0.05, 0) is 56.8 Å². The lowest BCUT2D eigenvalue weighted by atomic mass is 9.91. The van der Waals surface area contributed by atoms with Crippen molar-refractivity contribution in [3.05, 3.63) is 63.6 Å². The lowest BCUT2D eigenvalue weighted by molar-refractivity contribution is -0.165. The van der Waals surface area contributed by atoms with Crippen molar-refractivity contribution in [1.82, 2.24) is 4.90 Å². The van der Waals surface area contributed by atoms with Gasteiger partial charge in [-0.15, -0.1) is 0 Å². The second-order valence-electron chi connectivity index (χ2n) is 7.90. The fourth-order valence-corrected chi connectivity index (χ4v) is 3.73. The minimum atomic E-state index is -2.27. The van der Waals surface area contributed by atoms with Crippen molar-refractivity contribution < 1.29 is 35.1 Å². The van der Waals surface area contributed by atoms with Gasteiger partial charge in [0.2, 0.25) is 0 Å². The first-order valence-electron chi connectivity index (χ1n) is 10.8. The van der Waals surface area contributed by atoms with Crippen LogP contribution >= 0.6 is 23.2 Å². The van der Waals surface area contributed by atoms with Gasteiger partial charge in [0.05, 0.1) is 16.1 Å². The van der Waals surface area contributed by atoms with E-state index in [0.717, 1.165) is 25.2 Å². The van der Waals surface area contributed by atoms with Crippen LogP contribution in [-0.4, -0.2) is 88.4 Å². The number of halogens is 2. The molecule has 0 saturated heterocycles. The molecule has 0 saturated carbocycles. The van der Waals surface area contributed by atoms with Gasteiger partial charge >= 0.3 is 11.9 Å². The Balaban J connectivity index is 0.000000397. The van der Waals surface area contributed by atoms with Crippen molar-refractivity contribution in [1.29, 1.82) is 0 Å². The highest BCUT2D eigenvalue weighted by Gasteiger charge is 2.29. The molecular weight excluding hydrogens is 499 g/mol. The smallest absolute Gasteiger partial charge is 0.335 e. The van der Waals surface area contributed by atoms with Crippen LogP contribution in [0.3, 0.4) is 0 Å². The molecule has 0 bridgehead atoms. The first-order chi connectivity index (χ1) is 16.4. The van der Waals surface area contributed by atoms with Crippen molar-refractivity contribution in [2.75, 3.05) is 38.7 Å².